The Bertz CT molecular complexity index is 784. The zero-order chi connectivity index (χ0) is 14.1. The SMILES string of the molecule is Cc1ccc2ncnc(Nc3cc(Cl)ccc3C)c2c1. The molecule has 0 aliphatic heterocycles. The van der Waals surface area contributed by atoms with E-state index in [1.807, 2.05) is 37.3 Å². The fraction of sp³-hybridized carbons (Fsp3) is 0.125. The Morgan fingerprint density at radius 3 is 2.70 bits per heavy atom. The summed E-state index contributed by atoms with van der Waals surface area (Å²) in [5, 5.41) is 5.06. The van der Waals surface area contributed by atoms with Gasteiger partial charge in [-0.15, -0.1) is 0 Å². The summed E-state index contributed by atoms with van der Waals surface area (Å²) in [5.74, 6) is 0.795. The molecule has 0 fully saturated rings. The van der Waals surface area contributed by atoms with Crippen LogP contribution in [0.15, 0.2) is 42.7 Å². The number of nitrogens with one attached hydrogen (secondary N) is 1. The van der Waals surface area contributed by atoms with E-state index >= 15 is 0 Å². The predicted octanol–water partition coefficient (Wildman–Crippen LogP) is 4.64. The molecule has 0 unspecified atom stereocenters. The van der Waals surface area contributed by atoms with Crippen LogP contribution in [-0.2, 0) is 0 Å². The van der Waals surface area contributed by atoms with Crippen molar-refractivity contribution in [3.05, 3.63) is 58.9 Å². The van der Waals surface area contributed by atoms with Gasteiger partial charge in [0.05, 0.1) is 5.52 Å². The minimum atomic E-state index is 0.702. The number of aromatic nitrogens is 2. The fourth-order valence-electron chi connectivity index (χ4n) is 2.13. The lowest BCUT2D eigenvalue weighted by Crippen LogP contribution is -1.98. The van der Waals surface area contributed by atoms with Gasteiger partial charge in [0.15, 0.2) is 0 Å². The molecule has 1 N–H and O–H groups in total. The van der Waals surface area contributed by atoms with Gasteiger partial charge in [-0.05, 0) is 43.7 Å². The number of aryl methyl sites for hydroxylation is 2. The molecular weight excluding hydrogens is 270 g/mol. The Hall–Kier alpha value is -2.13. The number of benzene rings is 2. The summed E-state index contributed by atoms with van der Waals surface area (Å²) >= 11 is 6.05. The largest absolute Gasteiger partial charge is 0.339 e. The van der Waals surface area contributed by atoms with E-state index in [4.69, 9.17) is 11.6 Å². The molecule has 0 aliphatic carbocycles. The molecular formula is C16H14ClN3. The summed E-state index contributed by atoms with van der Waals surface area (Å²) in [5.41, 5.74) is 4.18. The normalized spacial score (nSPS) is 10.8. The first-order valence-corrected chi connectivity index (χ1v) is 6.76. The minimum absolute atomic E-state index is 0.702. The van der Waals surface area contributed by atoms with E-state index in [9.17, 15) is 0 Å². The first-order valence-electron chi connectivity index (χ1n) is 6.38. The lowest BCUT2D eigenvalue weighted by atomic mass is 10.1. The molecule has 20 heavy (non-hydrogen) atoms. The van der Waals surface area contributed by atoms with Crippen molar-refractivity contribution in [3.8, 4) is 0 Å². The van der Waals surface area contributed by atoms with Crippen LogP contribution in [0.2, 0.25) is 5.02 Å². The van der Waals surface area contributed by atoms with Gasteiger partial charge in [0.1, 0.15) is 12.1 Å². The van der Waals surface area contributed by atoms with Crippen molar-refractivity contribution in [2.45, 2.75) is 13.8 Å². The van der Waals surface area contributed by atoms with Crippen molar-refractivity contribution in [2.75, 3.05) is 5.32 Å². The first kappa shape index (κ1) is 12.9. The van der Waals surface area contributed by atoms with Crippen LogP contribution in [0.25, 0.3) is 10.9 Å². The average molecular weight is 284 g/mol. The van der Waals surface area contributed by atoms with E-state index in [-0.39, 0.29) is 0 Å². The number of halogens is 1. The maximum absolute atomic E-state index is 6.05. The van der Waals surface area contributed by atoms with E-state index in [0.717, 1.165) is 28.0 Å². The number of anilines is 2. The lowest BCUT2D eigenvalue weighted by molar-refractivity contribution is 1.21. The summed E-state index contributed by atoms with van der Waals surface area (Å²) in [6.07, 6.45) is 1.57. The maximum atomic E-state index is 6.05. The Balaban J connectivity index is 2.10. The monoisotopic (exact) mass is 283 g/mol. The average Bonchev–Trinajstić information content (AvgIpc) is 2.43. The zero-order valence-corrected chi connectivity index (χ0v) is 12.1. The van der Waals surface area contributed by atoms with Crippen molar-refractivity contribution in [1.29, 1.82) is 0 Å². The van der Waals surface area contributed by atoms with Gasteiger partial charge in [0, 0.05) is 16.1 Å². The molecule has 100 valence electrons. The highest BCUT2D eigenvalue weighted by atomic mass is 35.5. The van der Waals surface area contributed by atoms with Gasteiger partial charge in [-0.25, -0.2) is 9.97 Å². The summed E-state index contributed by atoms with van der Waals surface area (Å²) < 4.78 is 0. The molecule has 0 spiro atoms. The molecule has 3 aromatic rings. The van der Waals surface area contributed by atoms with Gasteiger partial charge >= 0.3 is 0 Å². The maximum Gasteiger partial charge on any atom is 0.141 e. The standard InChI is InChI=1S/C16H14ClN3/c1-10-3-6-14-13(7-10)16(19-9-18-14)20-15-8-12(17)5-4-11(15)2/h3-9H,1-2H3,(H,18,19,20). The second kappa shape index (κ2) is 5.10. The molecule has 0 saturated carbocycles. The number of hydrogen-bond acceptors (Lipinski definition) is 3. The third-order valence-electron chi connectivity index (χ3n) is 3.24. The highest BCUT2D eigenvalue weighted by molar-refractivity contribution is 6.30. The quantitative estimate of drug-likeness (QED) is 0.744. The summed E-state index contributed by atoms with van der Waals surface area (Å²) in [6.45, 7) is 4.09. The van der Waals surface area contributed by atoms with Crippen molar-refractivity contribution < 1.29 is 0 Å². The van der Waals surface area contributed by atoms with Gasteiger partial charge in [-0.3, -0.25) is 0 Å². The van der Waals surface area contributed by atoms with Gasteiger partial charge < -0.3 is 5.32 Å². The van der Waals surface area contributed by atoms with Crippen molar-refractivity contribution in [2.24, 2.45) is 0 Å². The molecule has 3 rings (SSSR count). The lowest BCUT2D eigenvalue weighted by Gasteiger charge is -2.11. The Labute approximate surface area is 122 Å². The molecule has 4 heteroatoms. The Kier molecular flexibility index (Phi) is 3.28. The molecule has 1 aromatic heterocycles. The zero-order valence-electron chi connectivity index (χ0n) is 11.3. The van der Waals surface area contributed by atoms with Gasteiger partial charge in [0.25, 0.3) is 0 Å². The highest BCUT2D eigenvalue weighted by Crippen LogP contribution is 2.27. The molecule has 1 heterocycles. The van der Waals surface area contributed by atoms with Gasteiger partial charge in [-0.2, -0.15) is 0 Å². The smallest absolute Gasteiger partial charge is 0.141 e. The molecule has 0 radical (unpaired) electrons. The third-order valence-corrected chi connectivity index (χ3v) is 3.48. The second-order valence-electron chi connectivity index (χ2n) is 4.83. The van der Waals surface area contributed by atoms with Crippen LogP contribution >= 0.6 is 11.6 Å². The van der Waals surface area contributed by atoms with Crippen molar-refractivity contribution >= 4 is 34.0 Å². The molecule has 0 bridgehead atoms. The number of hydrogen-bond donors (Lipinski definition) is 1. The van der Waals surface area contributed by atoms with Crippen LogP contribution in [0.5, 0.6) is 0 Å². The number of fused-ring (bicyclic) bond motifs is 1. The molecule has 0 aliphatic rings. The summed E-state index contributed by atoms with van der Waals surface area (Å²) in [4.78, 5) is 8.64. The highest BCUT2D eigenvalue weighted by Gasteiger charge is 2.06. The number of rotatable bonds is 2. The second-order valence-corrected chi connectivity index (χ2v) is 5.26. The predicted molar refractivity (Wildman–Crippen MR) is 83.7 cm³/mol. The van der Waals surface area contributed by atoms with E-state index < -0.39 is 0 Å². The topological polar surface area (TPSA) is 37.8 Å². The third kappa shape index (κ3) is 2.45. The first-order chi connectivity index (χ1) is 9.63. The van der Waals surface area contributed by atoms with Crippen molar-refractivity contribution in [1.82, 2.24) is 9.97 Å². The molecule has 0 amide bonds. The van der Waals surface area contributed by atoms with Crippen LogP contribution in [-0.4, -0.2) is 9.97 Å². The van der Waals surface area contributed by atoms with Crippen LogP contribution in [0.1, 0.15) is 11.1 Å². The number of nitrogens with zero attached hydrogens (tertiary/aromatic N) is 2. The van der Waals surface area contributed by atoms with Crippen LogP contribution < -0.4 is 5.32 Å². The van der Waals surface area contributed by atoms with Crippen LogP contribution in [0, 0.1) is 13.8 Å². The van der Waals surface area contributed by atoms with Crippen LogP contribution in [0.3, 0.4) is 0 Å². The van der Waals surface area contributed by atoms with E-state index in [2.05, 4.69) is 28.3 Å². The Morgan fingerprint density at radius 1 is 1.00 bits per heavy atom. The minimum Gasteiger partial charge on any atom is -0.339 e. The van der Waals surface area contributed by atoms with E-state index in [1.165, 1.54) is 5.56 Å². The summed E-state index contributed by atoms with van der Waals surface area (Å²) in [7, 11) is 0. The van der Waals surface area contributed by atoms with E-state index in [1.54, 1.807) is 6.33 Å². The van der Waals surface area contributed by atoms with Crippen molar-refractivity contribution in [3.63, 3.8) is 0 Å². The molecule has 3 nitrogen and oxygen atoms in total. The van der Waals surface area contributed by atoms with Gasteiger partial charge in [-0.1, -0.05) is 29.3 Å². The molecule has 2 aromatic carbocycles. The van der Waals surface area contributed by atoms with Gasteiger partial charge in [0.2, 0.25) is 0 Å². The van der Waals surface area contributed by atoms with E-state index in [0.29, 0.717) is 5.02 Å². The molecule has 0 atom stereocenters. The summed E-state index contributed by atoms with van der Waals surface area (Å²) in [6, 6.07) is 11.9. The Morgan fingerprint density at radius 2 is 1.85 bits per heavy atom. The molecule has 0 saturated heterocycles. The fourth-order valence-corrected chi connectivity index (χ4v) is 2.30. The van der Waals surface area contributed by atoms with Crippen LogP contribution in [0.4, 0.5) is 11.5 Å².